The minimum absolute atomic E-state index is 0.0711. The smallest absolute Gasteiger partial charge is 0.342 e. The topological polar surface area (TPSA) is 162 Å². The van der Waals surface area contributed by atoms with Crippen molar-refractivity contribution in [1.82, 2.24) is 24.8 Å². The summed E-state index contributed by atoms with van der Waals surface area (Å²) in [6, 6.07) is 6.76. The molecule has 1 aromatic carbocycles. The molecule has 13 nitrogen and oxygen atoms in total. The van der Waals surface area contributed by atoms with E-state index < -0.39 is 42.2 Å². The molecule has 0 bridgehead atoms. The van der Waals surface area contributed by atoms with Gasteiger partial charge < -0.3 is 34.7 Å². The van der Waals surface area contributed by atoms with Crippen LogP contribution in [-0.4, -0.2) is 75.3 Å². The number of carbonyl (C=O) groups excluding carboxylic acids is 2. The zero-order valence-electron chi connectivity index (χ0n) is 21.0. The molecular weight excluding hydrogens is 532 g/mol. The van der Waals surface area contributed by atoms with Gasteiger partial charge in [-0.15, -0.1) is 0 Å². The van der Waals surface area contributed by atoms with E-state index in [1.807, 2.05) is 13.8 Å². The number of nitrogens with one attached hydrogen (secondary N) is 1. The standard InChI is InChI=1S/C25H25ClN6O7/c1-25(2)38-19-14(37-23(20(19)39-25)32-11-31-18-21(27)29-10-30-22(18)32)7-28-16(33)9-35-15-8-36-24(34)17(15)12-4-3-5-13(26)6-12/h3-6,10-11,14,19-20,23H,7-9H2,1-2H3,(H,28,33)(H2,27,29,30)/t14-,19-,20-,23-/m1/s1. The van der Waals surface area contributed by atoms with Gasteiger partial charge >= 0.3 is 5.97 Å². The van der Waals surface area contributed by atoms with Crippen LogP contribution in [0.4, 0.5) is 5.82 Å². The van der Waals surface area contributed by atoms with Crippen molar-refractivity contribution in [2.45, 2.75) is 44.2 Å². The third kappa shape index (κ3) is 4.78. The number of rotatable bonds is 7. The molecule has 0 aliphatic carbocycles. The second-order valence-corrected chi connectivity index (χ2v) is 10.1. The van der Waals surface area contributed by atoms with Crippen molar-refractivity contribution in [3.05, 3.63) is 53.3 Å². The molecule has 6 rings (SSSR count). The lowest BCUT2D eigenvalue weighted by molar-refractivity contribution is -0.195. The molecule has 2 aromatic heterocycles. The van der Waals surface area contributed by atoms with Gasteiger partial charge in [-0.2, -0.15) is 0 Å². The molecule has 5 heterocycles. The Hall–Kier alpha value is -3.78. The average Bonchev–Trinajstić information content (AvgIpc) is 3.63. The predicted octanol–water partition coefficient (Wildman–Crippen LogP) is 1.58. The Morgan fingerprint density at radius 1 is 1.26 bits per heavy atom. The maximum atomic E-state index is 12.7. The summed E-state index contributed by atoms with van der Waals surface area (Å²) in [6.45, 7) is 3.35. The van der Waals surface area contributed by atoms with Crippen molar-refractivity contribution in [3.63, 3.8) is 0 Å². The molecule has 1 amide bonds. The number of aromatic nitrogens is 4. The number of nitrogens with zero attached hydrogens (tertiary/aromatic N) is 4. The number of esters is 1. The van der Waals surface area contributed by atoms with Crippen molar-refractivity contribution >= 4 is 46.0 Å². The van der Waals surface area contributed by atoms with E-state index in [0.717, 1.165) is 0 Å². The first-order valence-electron chi connectivity index (χ1n) is 12.2. The maximum absolute atomic E-state index is 12.7. The lowest BCUT2D eigenvalue weighted by Gasteiger charge is -2.25. The minimum atomic E-state index is -0.856. The Balaban J connectivity index is 1.13. The Kier molecular flexibility index (Phi) is 6.38. The third-order valence-corrected chi connectivity index (χ3v) is 6.83. The van der Waals surface area contributed by atoms with Gasteiger partial charge in [0.05, 0.1) is 6.33 Å². The molecule has 2 saturated heterocycles. The Labute approximate surface area is 227 Å². The van der Waals surface area contributed by atoms with Crippen LogP contribution in [0.3, 0.4) is 0 Å². The van der Waals surface area contributed by atoms with E-state index in [1.54, 1.807) is 35.2 Å². The number of fused-ring (bicyclic) bond motifs is 2. The van der Waals surface area contributed by atoms with E-state index in [2.05, 4.69) is 20.3 Å². The molecular formula is C25H25ClN6O7. The van der Waals surface area contributed by atoms with Gasteiger partial charge in [0.1, 0.15) is 48.1 Å². The molecule has 0 unspecified atom stereocenters. The molecule has 2 fully saturated rings. The Morgan fingerprint density at radius 3 is 2.90 bits per heavy atom. The van der Waals surface area contributed by atoms with Gasteiger partial charge in [-0.25, -0.2) is 19.7 Å². The van der Waals surface area contributed by atoms with Gasteiger partial charge in [-0.1, -0.05) is 23.7 Å². The van der Waals surface area contributed by atoms with E-state index >= 15 is 0 Å². The van der Waals surface area contributed by atoms with Crippen LogP contribution in [0.1, 0.15) is 25.6 Å². The van der Waals surface area contributed by atoms with E-state index in [0.29, 0.717) is 21.7 Å². The number of hydrogen-bond acceptors (Lipinski definition) is 11. The zero-order chi connectivity index (χ0) is 27.3. The quantitative estimate of drug-likeness (QED) is 0.406. The number of halogens is 1. The van der Waals surface area contributed by atoms with Crippen molar-refractivity contribution in [2.75, 3.05) is 25.5 Å². The number of cyclic esters (lactones) is 1. The third-order valence-electron chi connectivity index (χ3n) is 6.60. The first kappa shape index (κ1) is 25.5. The highest BCUT2D eigenvalue weighted by Crippen LogP contribution is 2.43. The zero-order valence-corrected chi connectivity index (χ0v) is 21.8. The maximum Gasteiger partial charge on any atom is 0.342 e. The van der Waals surface area contributed by atoms with Crippen molar-refractivity contribution < 1.29 is 33.3 Å². The van der Waals surface area contributed by atoms with Crippen LogP contribution in [-0.2, 0) is 33.3 Å². The molecule has 0 saturated carbocycles. The van der Waals surface area contributed by atoms with Crippen LogP contribution >= 0.6 is 11.6 Å². The van der Waals surface area contributed by atoms with Crippen LogP contribution in [0.15, 0.2) is 42.7 Å². The number of anilines is 1. The molecule has 0 spiro atoms. The van der Waals surface area contributed by atoms with Gasteiger partial charge in [0.25, 0.3) is 5.91 Å². The molecule has 3 aliphatic rings. The number of nitrogen functional groups attached to an aromatic ring is 1. The van der Waals surface area contributed by atoms with E-state index in [9.17, 15) is 9.59 Å². The normalized spacial score (nSPS) is 25.7. The van der Waals surface area contributed by atoms with Crippen LogP contribution in [0.2, 0.25) is 5.02 Å². The first-order valence-corrected chi connectivity index (χ1v) is 12.6. The van der Waals surface area contributed by atoms with Crippen LogP contribution in [0, 0.1) is 0 Å². The van der Waals surface area contributed by atoms with Gasteiger partial charge in [-0.05, 0) is 31.5 Å². The van der Waals surface area contributed by atoms with Gasteiger partial charge in [0.15, 0.2) is 30.1 Å². The van der Waals surface area contributed by atoms with E-state index in [-0.39, 0.29) is 36.9 Å². The molecule has 39 heavy (non-hydrogen) atoms. The molecule has 3 aromatic rings. The number of benzene rings is 1. The molecule has 14 heteroatoms. The van der Waals surface area contributed by atoms with Gasteiger partial charge in [0.2, 0.25) is 0 Å². The number of nitrogens with two attached hydrogens (primary N) is 1. The summed E-state index contributed by atoms with van der Waals surface area (Å²) < 4.78 is 31.0. The van der Waals surface area contributed by atoms with Crippen LogP contribution < -0.4 is 11.1 Å². The summed E-state index contributed by atoms with van der Waals surface area (Å²) in [5.74, 6) is -1.29. The SMILES string of the molecule is CC1(C)O[C@@H]2[C@H](O1)[C@@H](CNC(=O)COC1=C(c3cccc(Cl)c3)C(=O)OC1)O[C@H]2n1cnc2c(N)ncnc21. The van der Waals surface area contributed by atoms with Gasteiger partial charge in [-0.3, -0.25) is 9.36 Å². The van der Waals surface area contributed by atoms with Crippen LogP contribution in [0.25, 0.3) is 16.7 Å². The molecule has 4 atom stereocenters. The highest BCUT2D eigenvalue weighted by Gasteiger charge is 2.56. The fourth-order valence-corrected chi connectivity index (χ4v) is 5.14. The Bertz CT molecular complexity index is 1490. The summed E-state index contributed by atoms with van der Waals surface area (Å²) in [6.07, 6.45) is 0.796. The highest BCUT2D eigenvalue weighted by atomic mass is 35.5. The molecule has 0 radical (unpaired) electrons. The largest absolute Gasteiger partial charge is 0.484 e. The second-order valence-electron chi connectivity index (χ2n) is 9.69. The van der Waals surface area contributed by atoms with Crippen molar-refractivity contribution in [1.29, 1.82) is 0 Å². The van der Waals surface area contributed by atoms with E-state index in [4.69, 9.17) is 41.0 Å². The summed E-state index contributed by atoms with van der Waals surface area (Å²) >= 11 is 6.06. The molecule has 204 valence electrons. The fraction of sp³-hybridized carbons (Fsp3) is 0.400. The highest BCUT2D eigenvalue weighted by molar-refractivity contribution is 6.31. The fourth-order valence-electron chi connectivity index (χ4n) is 4.95. The van der Waals surface area contributed by atoms with Crippen LogP contribution in [0.5, 0.6) is 0 Å². The van der Waals surface area contributed by atoms with E-state index in [1.165, 1.54) is 6.33 Å². The number of amides is 1. The molecule has 3 N–H and O–H groups in total. The van der Waals surface area contributed by atoms with Crippen molar-refractivity contribution in [2.24, 2.45) is 0 Å². The molecule has 3 aliphatic heterocycles. The lowest BCUT2D eigenvalue weighted by Crippen LogP contribution is -2.41. The van der Waals surface area contributed by atoms with Gasteiger partial charge in [0, 0.05) is 11.6 Å². The van der Waals surface area contributed by atoms with Crippen molar-refractivity contribution in [3.8, 4) is 0 Å². The number of hydrogen-bond donors (Lipinski definition) is 2. The summed E-state index contributed by atoms with van der Waals surface area (Å²) in [4.78, 5) is 37.5. The lowest BCUT2D eigenvalue weighted by atomic mass is 10.1. The number of imidazole rings is 1. The predicted molar refractivity (Wildman–Crippen MR) is 136 cm³/mol. The summed E-state index contributed by atoms with van der Waals surface area (Å²) in [7, 11) is 0. The monoisotopic (exact) mass is 556 g/mol. The number of carbonyl (C=O) groups is 2. The first-order chi connectivity index (χ1) is 18.7. The number of ether oxygens (including phenoxy) is 5. The minimum Gasteiger partial charge on any atom is -0.484 e. The average molecular weight is 557 g/mol. The Morgan fingerprint density at radius 2 is 2.08 bits per heavy atom. The summed E-state index contributed by atoms with van der Waals surface area (Å²) in [5.41, 5.74) is 7.68. The second kappa shape index (κ2) is 9.75. The summed E-state index contributed by atoms with van der Waals surface area (Å²) in [5, 5.41) is 3.27.